The van der Waals surface area contributed by atoms with E-state index in [2.05, 4.69) is 60.9 Å². The molecule has 3 aliphatic carbocycles. The first-order chi connectivity index (χ1) is 34.7. The van der Waals surface area contributed by atoms with Crippen LogP contribution in [0.4, 0.5) is 28.4 Å². The SMILES string of the molecule is C[C@@H]1C[C@]2(COCCN2C2CC3(CCN(c4ccc(C(=O)NS(=O)(=O)c5ccc(NCC6CCC(C)(O)CC6)c([N+](=O)[O-])c5)c(N5c6cc7cc[nH]c7nc6O[C@H]6COCC[C@@H]65)c4)CC3)C2)c2ccccc21. The molecule has 0 bridgehead atoms. The van der Waals surface area contributed by atoms with Crippen molar-refractivity contribution in [2.75, 3.05) is 67.7 Å². The lowest BCUT2D eigenvalue weighted by atomic mass is 9.59. The summed E-state index contributed by atoms with van der Waals surface area (Å²) in [6, 6.07) is 22.3. The lowest BCUT2D eigenvalue weighted by Gasteiger charge is -2.60. The van der Waals surface area contributed by atoms with E-state index in [1.807, 2.05) is 37.4 Å². The maximum absolute atomic E-state index is 14.7. The first-order valence-electron chi connectivity index (χ1n) is 25.8. The fraction of sp³-hybridized carbons (Fsp3) is 0.519. The van der Waals surface area contributed by atoms with E-state index < -0.39 is 43.1 Å². The number of aliphatic hydroxyl groups is 1. The molecule has 2 saturated carbocycles. The number of aromatic amines is 1. The fourth-order valence-electron chi connectivity index (χ4n) is 13.6. The van der Waals surface area contributed by atoms with Crippen molar-refractivity contribution in [1.29, 1.82) is 0 Å². The Morgan fingerprint density at radius 3 is 2.56 bits per heavy atom. The second-order valence-electron chi connectivity index (χ2n) is 22.1. The zero-order chi connectivity index (χ0) is 49.6. The molecule has 12 rings (SSSR count). The predicted octanol–water partition coefficient (Wildman–Crippen LogP) is 8.11. The fourth-order valence-corrected chi connectivity index (χ4v) is 14.5. The van der Waals surface area contributed by atoms with E-state index in [4.69, 9.17) is 19.2 Å². The van der Waals surface area contributed by atoms with Gasteiger partial charge in [-0.25, -0.2) is 13.1 Å². The molecule has 18 heteroatoms. The number of aromatic nitrogens is 2. The average molecular weight is 1000 g/mol. The Balaban J connectivity index is 0.822. The zero-order valence-corrected chi connectivity index (χ0v) is 41.8. The minimum absolute atomic E-state index is 0.0744. The van der Waals surface area contributed by atoms with E-state index >= 15 is 0 Å². The minimum Gasteiger partial charge on any atom is -0.468 e. The van der Waals surface area contributed by atoms with Crippen LogP contribution in [0, 0.1) is 21.4 Å². The van der Waals surface area contributed by atoms with E-state index in [1.54, 1.807) is 6.07 Å². The monoisotopic (exact) mass is 1000 g/mol. The number of piperidine rings is 1. The van der Waals surface area contributed by atoms with Crippen molar-refractivity contribution in [2.45, 2.75) is 118 Å². The van der Waals surface area contributed by atoms with Gasteiger partial charge in [0.15, 0.2) is 0 Å². The van der Waals surface area contributed by atoms with E-state index in [0.29, 0.717) is 73.9 Å². The Kier molecular flexibility index (Phi) is 11.8. The third kappa shape index (κ3) is 8.36. The number of hydrogen-bond acceptors (Lipinski definition) is 14. The molecule has 3 aromatic carbocycles. The van der Waals surface area contributed by atoms with Gasteiger partial charge in [-0.1, -0.05) is 31.2 Å². The number of nitro groups is 1. The molecule has 4 N–H and O–H groups in total. The lowest BCUT2D eigenvalue weighted by molar-refractivity contribution is -0.384. The normalized spacial score (nSPS) is 28.2. The molecule has 72 heavy (non-hydrogen) atoms. The van der Waals surface area contributed by atoms with Gasteiger partial charge in [-0.05, 0) is 142 Å². The Hall–Kier alpha value is -5.79. The van der Waals surface area contributed by atoms with Crippen molar-refractivity contribution in [2.24, 2.45) is 11.3 Å². The number of nitro benzene ring substituents is 1. The number of sulfonamides is 1. The van der Waals surface area contributed by atoms with Gasteiger partial charge in [0.25, 0.3) is 21.6 Å². The predicted molar refractivity (Wildman–Crippen MR) is 273 cm³/mol. The highest BCUT2D eigenvalue weighted by Crippen LogP contribution is 2.57. The molecule has 0 unspecified atom stereocenters. The number of anilines is 4. The van der Waals surface area contributed by atoms with Crippen LogP contribution >= 0.6 is 0 Å². The molecule has 4 aliphatic heterocycles. The molecule has 17 nitrogen and oxygen atoms in total. The molecule has 4 atom stereocenters. The van der Waals surface area contributed by atoms with Gasteiger partial charge in [0.2, 0.25) is 5.88 Å². The summed E-state index contributed by atoms with van der Waals surface area (Å²) in [7, 11) is -4.62. The van der Waals surface area contributed by atoms with Crippen molar-refractivity contribution in [3.63, 3.8) is 0 Å². The first kappa shape index (κ1) is 47.2. The maximum atomic E-state index is 14.7. The molecule has 5 aromatic rings. The van der Waals surface area contributed by atoms with Crippen LogP contribution in [0.1, 0.15) is 105 Å². The molecule has 0 radical (unpaired) electrons. The number of H-pyrrole nitrogens is 1. The third-order valence-corrected chi connectivity index (χ3v) is 18.9. The number of morpholine rings is 1. The highest BCUT2D eigenvalue weighted by atomic mass is 32.2. The van der Waals surface area contributed by atoms with Crippen molar-refractivity contribution in [3.05, 3.63) is 106 Å². The summed E-state index contributed by atoms with van der Waals surface area (Å²) in [5, 5.41) is 26.8. The molecule has 7 aliphatic rings. The largest absolute Gasteiger partial charge is 0.468 e. The van der Waals surface area contributed by atoms with Crippen molar-refractivity contribution in [3.8, 4) is 5.88 Å². The van der Waals surface area contributed by atoms with Crippen LogP contribution in [0.2, 0.25) is 0 Å². The molecule has 5 fully saturated rings. The van der Waals surface area contributed by atoms with Crippen molar-refractivity contribution < 1.29 is 37.5 Å². The van der Waals surface area contributed by atoms with Crippen LogP contribution in [0.3, 0.4) is 0 Å². The van der Waals surface area contributed by atoms with Gasteiger partial charge in [-0.15, -0.1) is 0 Å². The van der Waals surface area contributed by atoms with Crippen LogP contribution in [0.15, 0.2) is 83.9 Å². The van der Waals surface area contributed by atoms with E-state index in [9.17, 15) is 28.4 Å². The number of carbonyl (C=O) groups excluding carboxylic acids is 1. The number of pyridine rings is 1. The van der Waals surface area contributed by atoms with Crippen molar-refractivity contribution in [1.82, 2.24) is 19.6 Å². The number of amides is 1. The Morgan fingerprint density at radius 1 is 0.944 bits per heavy atom. The average Bonchev–Trinajstić information content (AvgIpc) is 3.94. The topological polar surface area (TPSA) is 205 Å². The molecule has 3 saturated heterocycles. The molecule has 2 spiro atoms. The second kappa shape index (κ2) is 18.0. The molecule has 2 aromatic heterocycles. The number of benzene rings is 3. The number of carbonyl (C=O) groups is 1. The number of hydrogen-bond donors (Lipinski definition) is 4. The van der Waals surface area contributed by atoms with Gasteiger partial charge in [0.1, 0.15) is 23.1 Å². The summed E-state index contributed by atoms with van der Waals surface area (Å²) in [6.45, 7) is 9.48. The van der Waals surface area contributed by atoms with Crippen LogP contribution in [0.5, 0.6) is 5.88 Å². The quantitative estimate of drug-likeness (QED) is 0.0771. The van der Waals surface area contributed by atoms with Crippen LogP contribution in [0.25, 0.3) is 11.0 Å². The number of nitrogens with one attached hydrogen (secondary N) is 3. The Labute approximate surface area is 419 Å². The molecule has 380 valence electrons. The minimum atomic E-state index is -4.62. The molecular weight excluding hydrogens is 937 g/mol. The second-order valence-corrected chi connectivity index (χ2v) is 23.8. The number of fused-ring (bicyclic) bond motifs is 5. The molecule has 1 amide bonds. The van der Waals surface area contributed by atoms with Gasteiger partial charge in [0.05, 0.1) is 58.1 Å². The standard InChI is InChI=1S/C54H64N8O9S/c1-34-28-54(42-6-4-3-5-40(34)42)33-70-24-22-60(54)38-29-53(30-38)17-20-59(21-18-53)37-7-9-41(45(26-37)61-44-14-23-69-32-48(44)71-51-47(61)25-36-13-19-55-49(36)57-51)50(63)58-72(67,68)39-8-10-43(46(27-39)62(65)66)56-31-35-11-15-52(2,64)16-12-35/h3-10,13,19,25-27,34-35,38,44,48,56,64H,11-12,14-18,20-24,28-33H2,1-2H3,(H,55,57)(H,58,63)/t34-,35?,44+,48+,52?,54+/m1/s1. The molecular formula is C54H64N8O9S. The summed E-state index contributed by atoms with van der Waals surface area (Å²) in [5.74, 6) is 0.184. The number of ether oxygens (including phenoxy) is 3. The van der Waals surface area contributed by atoms with Crippen LogP contribution in [-0.4, -0.2) is 116 Å². The Morgan fingerprint density at radius 2 is 1.75 bits per heavy atom. The summed E-state index contributed by atoms with van der Waals surface area (Å²) in [6.07, 6.45) is 10.2. The van der Waals surface area contributed by atoms with Crippen molar-refractivity contribution >= 4 is 55.4 Å². The zero-order valence-electron chi connectivity index (χ0n) is 41.0. The first-order valence-corrected chi connectivity index (χ1v) is 27.3. The van der Waals surface area contributed by atoms with Gasteiger partial charge in [-0.2, -0.15) is 4.98 Å². The number of rotatable bonds is 10. The summed E-state index contributed by atoms with van der Waals surface area (Å²) >= 11 is 0. The van der Waals surface area contributed by atoms with Crippen LogP contribution in [-0.2, 0) is 25.0 Å². The number of nitrogens with zero attached hydrogens (tertiary/aromatic N) is 5. The Bertz CT molecular complexity index is 3030. The smallest absolute Gasteiger partial charge is 0.293 e. The molecule has 6 heterocycles. The highest BCUT2D eigenvalue weighted by Gasteiger charge is 2.56. The lowest BCUT2D eigenvalue weighted by Crippen LogP contribution is -2.63. The van der Waals surface area contributed by atoms with E-state index in [-0.39, 0.29) is 34.2 Å². The highest BCUT2D eigenvalue weighted by molar-refractivity contribution is 7.90. The van der Waals surface area contributed by atoms with Gasteiger partial charge in [-0.3, -0.25) is 19.8 Å². The van der Waals surface area contributed by atoms with E-state index in [1.165, 1.54) is 23.3 Å². The third-order valence-electron chi connectivity index (χ3n) is 17.5. The summed E-state index contributed by atoms with van der Waals surface area (Å²) in [5.41, 5.74) is 4.94. The van der Waals surface area contributed by atoms with Crippen LogP contribution < -0.4 is 24.6 Å². The van der Waals surface area contributed by atoms with Gasteiger partial charge >= 0.3 is 0 Å². The summed E-state index contributed by atoms with van der Waals surface area (Å²) < 4.78 is 49.3. The summed E-state index contributed by atoms with van der Waals surface area (Å²) in [4.78, 5) is 41.4. The van der Waals surface area contributed by atoms with Gasteiger partial charge in [0, 0.05) is 62.2 Å². The van der Waals surface area contributed by atoms with Gasteiger partial charge < -0.3 is 39.4 Å². The van der Waals surface area contributed by atoms with E-state index in [0.717, 1.165) is 94.9 Å². The maximum Gasteiger partial charge on any atom is 0.293 e.